The van der Waals surface area contributed by atoms with Gasteiger partial charge < -0.3 is 10.4 Å². The quantitative estimate of drug-likeness (QED) is 0.797. The van der Waals surface area contributed by atoms with Gasteiger partial charge >= 0.3 is 0 Å². The molecular weight excluding hydrogens is 252 g/mol. The predicted octanol–water partition coefficient (Wildman–Crippen LogP) is 2.03. The van der Waals surface area contributed by atoms with Crippen molar-refractivity contribution in [2.45, 2.75) is 26.2 Å². The van der Waals surface area contributed by atoms with Crippen LogP contribution in [-0.2, 0) is 11.2 Å². The fourth-order valence-corrected chi connectivity index (χ4v) is 1.62. The Kier molecular flexibility index (Phi) is 6.42. The van der Waals surface area contributed by atoms with Crippen LogP contribution in [-0.4, -0.2) is 24.2 Å². The Balaban J connectivity index is 2.30. The molecule has 2 N–H and O–H groups in total. The van der Waals surface area contributed by atoms with Gasteiger partial charge in [0.1, 0.15) is 11.6 Å². The van der Waals surface area contributed by atoms with Crippen LogP contribution >= 0.6 is 0 Å². The van der Waals surface area contributed by atoms with Crippen molar-refractivity contribution in [3.8, 4) is 0 Å². The number of halogens is 2. The van der Waals surface area contributed by atoms with Crippen LogP contribution in [0.5, 0.6) is 0 Å². The molecule has 0 aliphatic heterocycles. The summed E-state index contributed by atoms with van der Waals surface area (Å²) < 4.78 is 26.2. The number of hydrogen-bond donors (Lipinski definition) is 2. The normalized spacial score (nSPS) is 12.2. The summed E-state index contributed by atoms with van der Waals surface area (Å²) in [6, 6.07) is 3.32. The molecule has 0 bridgehead atoms. The molecule has 0 aromatic heterocycles. The van der Waals surface area contributed by atoms with Crippen LogP contribution in [0.1, 0.15) is 25.3 Å². The Morgan fingerprint density at radius 1 is 1.42 bits per heavy atom. The van der Waals surface area contributed by atoms with Crippen molar-refractivity contribution < 1.29 is 18.7 Å². The molecule has 1 aromatic rings. The highest BCUT2D eigenvalue weighted by atomic mass is 19.1. The van der Waals surface area contributed by atoms with E-state index in [-0.39, 0.29) is 30.4 Å². The maximum Gasteiger partial charge on any atom is 0.220 e. The molecule has 1 amide bonds. The van der Waals surface area contributed by atoms with Gasteiger partial charge in [0, 0.05) is 19.6 Å². The van der Waals surface area contributed by atoms with Crippen LogP contribution in [0.3, 0.4) is 0 Å². The molecule has 1 aromatic carbocycles. The zero-order valence-electron chi connectivity index (χ0n) is 11.0. The highest BCUT2D eigenvalue weighted by Crippen LogP contribution is 2.12. The Labute approximate surface area is 111 Å². The third-order valence-corrected chi connectivity index (χ3v) is 2.82. The van der Waals surface area contributed by atoms with Crippen molar-refractivity contribution in [1.29, 1.82) is 0 Å². The lowest BCUT2D eigenvalue weighted by atomic mass is 10.1. The Morgan fingerprint density at radius 3 is 2.84 bits per heavy atom. The van der Waals surface area contributed by atoms with Crippen molar-refractivity contribution in [1.82, 2.24) is 5.32 Å². The van der Waals surface area contributed by atoms with Gasteiger partial charge in [-0.3, -0.25) is 4.79 Å². The molecule has 5 heteroatoms. The van der Waals surface area contributed by atoms with Crippen molar-refractivity contribution in [3.05, 3.63) is 35.4 Å². The molecule has 3 nitrogen and oxygen atoms in total. The van der Waals surface area contributed by atoms with E-state index in [2.05, 4.69) is 5.32 Å². The Morgan fingerprint density at radius 2 is 2.16 bits per heavy atom. The molecular formula is C14H19F2NO2. The highest BCUT2D eigenvalue weighted by Gasteiger charge is 2.07. The average molecular weight is 271 g/mol. The maximum absolute atomic E-state index is 13.3. The summed E-state index contributed by atoms with van der Waals surface area (Å²) >= 11 is 0. The van der Waals surface area contributed by atoms with Crippen molar-refractivity contribution in [2.24, 2.45) is 5.92 Å². The number of carbonyl (C=O) groups excluding carboxylic acids is 1. The van der Waals surface area contributed by atoms with Crippen LogP contribution < -0.4 is 5.32 Å². The lowest BCUT2D eigenvalue weighted by Crippen LogP contribution is -2.29. The summed E-state index contributed by atoms with van der Waals surface area (Å²) in [6.45, 7) is 2.26. The van der Waals surface area contributed by atoms with E-state index in [1.165, 1.54) is 0 Å². The number of aryl methyl sites for hydroxylation is 1. The van der Waals surface area contributed by atoms with Crippen LogP contribution in [0.15, 0.2) is 18.2 Å². The van der Waals surface area contributed by atoms with Gasteiger partial charge in [-0.2, -0.15) is 0 Å². The zero-order chi connectivity index (χ0) is 14.3. The standard InChI is InChI=1S/C14H19F2NO2/c1-10(9-18)8-17-14(19)4-2-3-11-7-12(15)5-6-13(11)16/h5-7,10,18H,2-4,8-9H2,1H3,(H,17,19). The molecule has 0 radical (unpaired) electrons. The second-order valence-electron chi connectivity index (χ2n) is 4.68. The van der Waals surface area contributed by atoms with Crippen molar-refractivity contribution >= 4 is 5.91 Å². The molecule has 19 heavy (non-hydrogen) atoms. The Hall–Kier alpha value is -1.49. The first kappa shape index (κ1) is 15.6. The monoisotopic (exact) mass is 271 g/mol. The lowest BCUT2D eigenvalue weighted by molar-refractivity contribution is -0.121. The third-order valence-electron chi connectivity index (χ3n) is 2.82. The van der Waals surface area contributed by atoms with Crippen LogP contribution in [0.4, 0.5) is 8.78 Å². The predicted molar refractivity (Wildman–Crippen MR) is 68.6 cm³/mol. The Bertz CT molecular complexity index is 424. The van der Waals surface area contributed by atoms with E-state index in [0.29, 0.717) is 19.4 Å². The third kappa shape index (κ3) is 5.79. The number of aliphatic hydroxyl groups excluding tert-OH is 1. The summed E-state index contributed by atoms with van der Waals surface area (Å²) in [5.74, 6) is -1.05. The number of rotatable bonds is 7. The van der Waals surface area contributed by atoms with Crippen LogP contribution in [0.2, 0.25) is 0 Å². The van der Waals surface area contributed by atoms with Gasteiger partial charge in [0.05, 0.1) is 0 Å². The van der Waals surface area contributed by atoms with Crippen LogP contribution in [0, 0.1) is 17.6 Å². The van der Waals surface area contributed by atoms with E-state index in [1.54, 1.807) is 0 Å². The number of amides is 1. The summed E-state index contributed by atoms with van der Waals surface area (Å²) in [7, 11) is 0. The minimum absolute atomic E-state index is 0.0182. The molecule has 1 atom stereocenters. The van der Waals surface area contributed by atoms with Crippen molar-refractivity contribution in [3.63, 3.8) is 0 Å². The molecule has 0 aliphatic rings. The van der Waals surface area contributed by atoms with Gasteiger partial charge in [-0.15, -0.1) is 0 Å². The number of aliphatic hydroxyl groups is 1. The lowest BCUT2D eigenvalue weighted by Gasteiger charge is -2.09. The first-order valence-electron chi connectivity index (χ1n) is 6.34. The fourth-order valence-electron chi connectivity index (χ4n) is 1.62. The molecule has 0 saturated heterocycles. The number of carbonyl (C=O) groups is 1. The van der Waals surface area contributed by atoms with Crippen LogP contribution in [0.25, 0.3) is 0 Å². The summed E-state index contributed by atoms with van der Waals surface area (Å²) in [6.07, 6.45) is 1.04. The zero-order valence-corrected chi connectivity index (χ0v) is 11.0. The highest BCUT2D eigenvalue weighted by molar-refractivity contribution is 5.75. The van der Waals surface area contributed by atoms with E-state index in [4.69, 9.17) is 5.11 Å². The van der Waals surface area contributed by atoms with Gasteiger partial charge in [-0.05, 0) is 42.5 Å². The SMILES string of the molecule is CC(CO)CNC(=O)CCCc1cc(F)ccc1F. The molecule has 0 spiro atoms. The largest absolute Gasteiger partial charge is 0.396 e. The minimum atomic E-state index is -0.474. The average Bonchev–Trinajstić information content (AvgIpc) is 2.40. The van der Waals surface area contributed by atoms with E-state index >= 15 is 0 Å². The van der Waals surface area contributed by atoms with E-state index in [0.717, 1.165) is 18.2 Å². The van der Waals surface area contributed by atoms with Gasteiger partial charge in [-0.25, -0.2) is 8.78 Å². The van der Waals surface area contributed by atoms with E-state index in [1.807, 2.05) is 6.92 Å². The minimum Gasteiger partial charge on any atom is -0.396 e. The molecule has 0 heterocycles. The molecule has 0 aliphatic carbocycles. The number of hydrogen-bond acceptors (Lipinski definition) is 2. The molecule has 1 rings (SSSR count). The molecule has 1 unspecified atom stereocenters. The van der Waals surface area contributed by atoms with Crippen molar-refractivity contribution in [2.75, 3.05) is 13.2 Å². The van der Waals surface area contributed by atoms with E-state index in [9.17, 15) is 13.6 Å². The summed E-state index contributed by atoms with van der Waals surface area (Å²) in [4.78, 5) is 11.4. The molecule has 0 fully saturated rings. The first-order valence-corrected chi connectivity index (χ1v) is 6.34. The summed E-state index contributed by atoms with van der Waals surface area (Å²) in [5.41, 5.74) is 0.288. The first-order chi connectivity index (χ1) is 9.02. The van der Waals surface area contributed by atoms with Gasteiger partial charge in [0.15, 0.2) is 0 Å². The summed E-state index contributed by atoms with van der Waals surface area (Å²) in [5, 5.41) is 11.5. The fraction of sp³-hybridized carbons (Fsp3) is 0.500. The van der Waals surface area contributed by atoms with Gasteiger partial charge in [-0.1, -0.05) is 6.92 Å². The second-order valence-corrected chi connectivity index (χ2v) is 4.68. The van der Waals surface area contributed by atoms with Gasteiger partial charge in [0.2, 0.25) is 5.91 Å². The number of nitrogens with one attached hydrogen (secondary N) is 1. The topological polar surface area (TPSA) is 49.3 Å². The number of benzene rings is 1. The van der Waals surface area contributed by atoms with E-state index < -0.39 is 11.6 Å². The molecule has 0 saturated carbocycles. The maximum atomic E-state index is 13.3. The van der Waals surface area contributed by atoms with Gasteiger partial charge in [0.25, 0.3) is 0 Å². The smallest absolute Gasteiger partial charge is 0.220 e. The second kappa shape index (κ2) is 7.84. The molecule has 106 valence electrons.